The molecule has 0 atom stereocenters. The smallest absolute Gasteiger partial charge is 0.186 e. The standard InChI is InChI=1S/C7H12OS/c8-7(9)5-6-3-1-2-4-6/h6H,1-5H2,(H,8,9). The third-order valence-corrected chi connectivity index (χ3v) is 2.12. The van der Waals surface area contributed by atoms with Gasteiger partial charge in [-0.3, -0.25) is 4.79 Å². The lowest BCUT2D eigenvalue weighted by atomic mass is 10.1. The van der Waals surface area contributed by atoms with Crippen LogP contribution in [0.1, 0.15) is 32.1 Å². The van der Waals surface area contributed by atoms with Gasteiger partial charge in [-0.05, 0) is 18.8 Å². The molecule has 0 radical (unpaired) electrons. The van der Waals surface area contributed by atoms with Crippen LogP contribution in [0.3, 0.4) is 0 Å². The number of carbonyl (C=O) groups excluding carboxylic acids is 1. The summed E-state index contributed by atoms with van der Waals surface area (Å²) in [5.74, 6) is 0.662. The molecule has 0 aromatic rings. The van der Waals surface area contributed by atoms with E-state index in [2.05, 4.69) is 12.6 Å². The van der Waals surface area contributed by atoms with Crippen molar-refractivity contribution in [2.24, 2.45) is 5.92 Å². The van der Waals surface area contributed by atoms with Crippen molar-refractivity contribution >= 4 is 17.7 Å². The van der Waals surface area contributed by atoms with Crippen LogP contribution in [0.4, 0.5) is 0 Å². The van der Waals surface area contributed by atoms with E-state index < -0.39 is 0 Å². The number of hydrogen-bond donors (Lipinski definition) is 1. The first-order valence-corrected chi connectivity index (χ1v) is 3.95. The van der Waals surface area contributed by atoms with Crippen molar-refractivity contribution in [1.82, 2.24) is 0 Å². The Kier molecular flexibility index (Phi) is 2.58. The van der Waals surface area contributed by atoms with E-state index in [-0.39, 0.29) is 5.12 Å². The van der Waals surface area contributed by atoms with Gasteiger partial charge in [-0.25, -0.2) is 0 Å². The van der Waals surface area contributed by atoms with Gasteiger partial charge in [-0.15, -0.1) is 12.6 Å². The average molecular weight is 144 g/mol. The van der Waals surface area contributed by atoms with Crippen LogP contribution in [-0.4, -0.2) is 5.12 Å². The third-order valence-electron chi connectivity index (χ3n) is 1.94. The molecule has 1 saturated carbocycles. The number of thiol groups is 1. The molecule has 9 heavy (non-hydrogen) atoms. The van der Waals surface area contributed by atoms with E-state index in [0.717, 1.165) is 0 Å². The Morgan fingerprint density at radius 2 is 2.00 bits per heavy atom. The monoisotopic (exact) mass is 144 g/mol. The van der Waals surface area contributed by atoms with Crippen molar-refractivity contribution in [2.75, 3.05) is 0 Å². The second kappa shape index (κ2) is 3.25. The maximum atomic E-state index is 10.5. The molecule has 2 heteroatoms. The van der Waals surface area contributed by atoms with Crippen molar-refractivity contribution in [3.05, 3.63) is 0 Å². The molecule has 1 rings (SSSR count). The van der Waals surface area contributed by atoms with E-state index in [1.54, 1.807) is 0 Å². The molecule has 1 aliphatic rings. The predicted octanol–water partition coefficient (Wildman–Crippen LogP) is 2.02. The van der Waals surface area contributed by atoms with Crippen LogP contribution in [0.15, 0.2) is 0 Å². The van der Waals surface area contributed by atoms with E-state index in [1.165, 1.54) is 25.7 Å². The molecular weight excluding hydrogens is 132 g/mol. The topological polar surface area (TPSA) is 17.1 Å². The molecule has 0 heterocycles. The molecule has 0 unspecified atom stereocenters. The molecule has 0 amide bonds. The molecule has 1 nitrogen and oxygen atoms in total. The summed E-state index contributed by atoms with van der Waals surface area (Å²) in [6.45, 7) is 0. The molecule has 0 spiro atoms. The van der Waals surface area contributed by atoms with E-state index in [1.807, 2.05) is 0 Å². The fourth-order valence-corrected chi connectivity index (χ4v) is 1.72. The second-order valence-corrected chi connectivity index (χ2v) is 3.25. The van der Waals surface area contributed by atoms with Gasteiger partial charge in [0.15, 0.2) is 5.12 Å². The first kappa shape index (κ1) is 7.13. The summed E-state index contributed by atoms with van der Waals surface area (Å²) in [7, 11) is 0. The molecular formula is C7H12OS. The molecule has 1 aliphatic carbocycles. The zero-order valence-corrected chi connectivity index (χ0v) is 6.36. The molecule has 0 aromatic heterocycles. The molecule has 0 saturated heterocycles. The largest absolute Gasteiger partial charge is 0.287 e. The molecule has 0 aromatic carbocycles. The van der Waals surface area contributed by atoms with E-state index in [0.29, 0.717) is 12.3 Å². The SMILES string of the molecule is O=C(S)CC1CCCC1. The van der Waals surface area contributed by atoms with E-state index in [4.69, 9.17) is 0 Å². The summed E-state index contributed by atoms with van der Waals surface area (Å²) >= 11 is 3.73. The maximum Gasteiger partial charge on any atom is 0.186 e. The number of hydrogen-bond acceptors (Lipinski definition) is 1. The summed E-state index contributed by atoms with van der Waals surface area (Å²) in [6.07, 6.45) is 5.80. The highest BCUT2D eigenvalue weighted by molar-refractivity contribution is 7.96. The molecule has 1 fully saturated rings. The van der Waals surface area contributed by atoms with Gasteiger partial charge in [0, 0.05) is 6.42 Å². The van der Waals surface area contributed by atoms with Gasteiger partial charge in [-0.2, -0.15) is 0 Å². The summed E-state index contributed by atoms with van der Waals surface area (Å²) in [4.78, 5) is 10.5. The van der Waals surface area contributed by atoms with Gasteiger partial charge in [0.25, 0.3) is 0 Å². The van der Waals surface area contributed by atoms with Crippen LogP contribution in [0.2, 0.25) is 0 Å². The van der Waals surface area contributed by atoms with Gasteiger partial charge in [-0.1, -0.05) is 12.8 Å². The molecule has 0 aliphatic heterocycles. The zero-order chi connectivity index (χ0) is 6.69. The Balaban J connectivity index is 2.19. The van der Waals surface area contributed by atoms with Gasteiger partial charge < -0.3 is 0 Å². The Morgan fingerprint density at radius 3 is 2.44 bits per heavy atom. The average Bonchev–Trinajstić information content (AvgIpc) is 2.15. The van der Waals surface area contributed by atoms with E-state index in [9.17, 15) is 4.79 Å². The van der Waals surface area contributed by atoms with Crippen molar-refractivity contribution in [3.8, 4) is 0 Å². The minimum absolute atomic E-state index is 0.0573. The van der Waals surface area contributed by atoms with Crippen molar-refractivity contribution < 1.29 is 4.79 Å². The van der Waals surface area contributed by atoms with Gasteiger partial charge in [0.05, 0.1) is 0 Å². The van der Waals surface area contributed by atoms with Crippen LogP contribution in [-0.2, 0) is 4.79 Å². The quantitative estimate of drug-likeness (QED) is 0.587. The van der Waals surface area contributed by atoms with Crippen LogP contribution in [0, 0.1) is 5.92 Å². The Labute approximate surface area is 61.2 Å². The van der Waals surface area contributed by atoms with Crippen LogP contribution < -0.4 is 0 Å². The highest BCUT2D eigenvalue weighted by Gasteiger charge is 2.16. The van der Waals surface area contributed by atoms with Crippen molar-refractivity contribution in [2.45, 2.75) is 32.1 Å². The minimum atomic E-state index is 0.0573. The first-order chi connectivity index (χ1) is 4.29. The Hall–Kier alpha value is 0.0200. The lowest BCUT2D eigenvalue weighted by Gasteiger charge is -2.02. The molecule has 0 N–H and O–H groups in total. The lowest BCUT2D eigenvalue weighted by Crippen LogP contribution is -1.97. The summed E-state index contributed by atoms with van der Waals surface area (Å²) < 4.78 is 0. The minimum Gasteiger partial charge on any atom is -0.287 e. The van der Waals surface area contributed by atoms with Crippen LogP contribution in [0.25, 0.3) is 0 Å². The fraction of sp³-hybridized carbons (Fsp3) is 0.857. The summed E-state index contributed by atoms with van der Waals surface area (Å²) in [6, 6.07) is 0. The highest BCUT2D eigenvalue weighted by atomic mass is 32.1. The predicted molar refractivity (Wildman–Crippen MR) is 40.6 cm³/mol. The second-order valence-electron chi connectivity index (χ2n) is 2.75. The normalized spacial score (nSPS) is 20.6. The Morgan fingerprint density at radius 1 is 1.44 bits per heavy atom. The maximum absolute atomic E-state index is 10.5. The molecule has 0 bridgehead atoms. The fourth-order valence-electron chi connectivity index (χ4n) is 1.46. The zero-order valence-electron chi connectivity index (χ0n) is 5.47. The van der Waals surface area contributed by atoms with Crippen LogP contribution >= 0.6 is 12.6 Å². The molecule has 52 valence electrons. The summed E-state index contributed by atoms with van der Waals surface area (Å²) in [5.41, 5.74) is 0. The van der Waals surface area contributed by atoms with Gasteiger partial charge >= 0.3 is 0 Å². The lowest BCUT2D eigenvalue weighted by molar-refractivity contribution is -0.111. The van der Waals surface area contributed by atoms with Gasteiger partial charge in [0.1, 0.15) is 0 Å². The number of carbonyl (C=O) groups is 1. The third kappa shape index (κ3) is 2.39. The number of rotatable bonds is 2. The van der Waals surface area contributed by atoms with E-state index >= 15 is 0 Å². The Bertz CT molecular complexity index is 105. The van der Waals surface area contributed by atoms with Crippen molar-refractivity contribution in [3.63, 3.8) is 0 Å². The summed E-state index contributed by atoms with van der Waals surface area (Å²) in [5, 5.41) is 0.0573. The van der Waals surface area contributed by atoms with Gasteiger partial charge in [0.2, 0.25) is 0 Å². The van der Waals surface area contributed by atoms with Crippen LogP contribution in [0.5, 0.6) is 0 Å². The first-order valence-electron chi connectivity index (χ1n) is 3.51. The highest BCUT2D eigenvalue weighted by Crippen LogP contribution is 2.27. The van der Waals surface area contributed by atoms with Crippen molar-refractivity contribution in [1.29, 1.82) is 0 Å².